The fraction of sp³-hybridized carbons (Fsp3) is 0.800. The van der Waals surface area contributed by atoms with E-state index in [2.05, 4.69) is 35.9 Å². The molecule has 0 spiro atoms. The normalized spacial score (nSPS) is 13.5. The van der Waals surface area contributed by atoms with Gasteiger partial charge in [0.05, 0.1) is 0 Å². The van der Waals surface area contributed by atoms with Gasteiger partial charge in [-0.3, -0.25) is 0 Å². The van der Waals surface area contributed by atoms with Gasteiger partial charge in [-0.25, -0.2) is 0 Å². The first-order valence-electron chi connectivity index (χ1n) is 2.60. The second kappa shape index (κ2) is 2.93. The summed E-state index contributed by atoms with van der Waals surface area (Å²) in [6, 6.07) is 0. The van der Waals surface area contributed by atoms with Crippen LogP contribution in [0.3, 0.4) is 0 Å². The summed E-state index contributed by atoms with van der Waals surface area (Å²) < 4.78 is 0.150. The summed E-state index contributed by atoms with van der Waals surface area (Å²) in [5.41, 5.74) is 0. The van der Waals surface area contributed by atoms with E-state index in [1.165, 1.54) is 0 Å². The average Bonchev–Trinajstić information content (AvgIpc) is 1.21. The van der Waals surface area contributed by atoms with Crippen molar-refractivity contribution in [3.8, 4) is 0 Å². The molecule has 0 aliphatic rings. The zero-order valence-corrected chi connectivity index (χ0v) is 8.08. The molecule has 0 heterocycles. The Hall–Kier alpha value is 0.580. The Balaban J connectivity index is 3.55. The van der Waals surface area contributed by atoms with E-state index in [4.69, 9.17) is 0 Å². The third-order valence-electron chi connectivity index (χ3n) is 0.669. The molecule has 0 atom stereocenters. The molecule has 0 bridgehead atoms. The molecule has 0 unspecified atom stereocenters. The van der Waals surface area contributed by atoms with Crippen LogP contribution < -0.4 is 0 Å². The van der Waals surface area contributed by atoms with Crippen LogP contribution in [-0.2, 0) is 4.79 Å². The van der Waals surface area contributed by atoms with E-state index in [0.29, 0.717) is 0 Å². The zero-order valence-electron chi connectivity index (χ0n) is 5.49. The van der Waals surface area contributed by atoms with Gasteiger partial charge in [-0.2, -0.15) is 0 Å². The summed E-state index contributed by atoms with van der Waals surface area (Å²) in [4.78, 5) is 10.4. The molecule has 0 saturated heterocycles. The first-order valence-corrected chi connectivity index (χ1v) is 7.10. The molecule has 0 aromatic rings. The molecule has 0 aromatic carbocycles. The summed E-state index contributed by atoms with van der Waals surface area (Å²) in [6.45, 7) is 6.52. The van der Waals surface area contributed by atoms with Crippen LogP contribution in [0.15, 0.2) is 0 Å². The van der Waals surface area contributed by atoms with E-state index in [9.17, 15) is 4.79 Å². The summed E-state index contributed by atoms with van der Waals surface area (Å²) >= 11 is 2.91. The van der Waals surface area contributed by atoms with E-state index < -0.39 is 7.26 Å². The summed E-state index contributed by atoms with van der Waals surface area (Å²) in [5.74, 6) is 0. The number of rotatable bonds is 2. The van der Waals surface area contributed by atoms with Crippen molar-refractivity contribution in [1.29, 1.82) is 0 Å². The van der Waals surface area contributed by atoms with Gasteiger partial charge in [0.2, 0.25) is 0 Å². The van der Waals surface area contributed by atoms with Crippen LogP contribution in [-0.4, -0.2) is 30.8 Å². The van der Waals surface area contributed by atoms with Crippen molar-refractivity contribution < 1.29 is 4.79 Å². The second-order valence-corrected chi connectivity index (χ2v) is 9.45. The zero-order chi connectivity index (χ0) is 6.78. The fourth-order valence-electron chi connectivity index (χ4n) is 0.417. The molecule has 0 aliphatic heterocycles. The molecule has 0 amide bonds. The van der Waals surface area contributed by atoms with E-state index in [1.807, 2.05) is 0 Å². The molecule has 3 heteroatoms. The number of hydrogen-bond acceptors (Lipinski definition) is 1. The quantitative estimate of drug-likeness (QED) is 0.487. The predicted molar refractivity (Wildman–Crippen MR) is 44.9 cm³/mol. The molecule has 0 aromatic heterocycles. The Morgan fingerprint density at radius 1 is 1.50 bits per heavy atom. The summed E-state index contributed by atoms with van der Waals surface area (Å²) in [7, 11) is -1.12. The van der Waals surface area contributed by atoms with Gasteiger partial charge in [-0.15, -0.1) is 0 Å². The third kappa shape index (κ3) is 6.58. The van der Waals surface area contributed by atoms with Gasteiger partial charge in [0.25, 0.3) is 0 Å². The molecule has 0 fully saturated rings. The van der Waals surface area contributed by atoms with Crippen LogP contribution in [0.1, 0.15) is 0 Å². The average molecular weight is 199 g/mol. The molecule has 0 saturated carbocycles. The number of carbonyl (C=O) groups excluding carboxylic acids is 1. The second-order valence-electron chi connectivity index (χ2n) is 3.09. The van der Waals surface area contributed by atoms with E-state index in [-0.39, 0.29) is 4.69 Å². The molecule has 0 N–H and O–H groups in total. The van der Waals surface area contributed by atoms with E-state index in [1.54, 1.807) is 0 Å². The Kier molecular flexibility index (Phi) is 3.14. The van der Waals surface area contributed by atoms with E-state index >= 15 is 0 Å². The SMILES string of the molecule is C[PH](C)(C)CC(=O)Br. The van der Waals surface area contributed by atoms with Crippen LogP contribution in [0, 0.1) is 0 Å². The van der Waals surface area contributed by atoms with Gasteiger partial charge in [0, 0.05) is 0 Å². The van der Waals surface area contributed by atoms with E-state index in [0.717, 1.165) is 6.16 Å². The molecular formula is C5H12BrOP. The van der Waals surface area contributed by atoms with Crippen LogP contribution in [0.2, 0.25) is 0 Å². The molecule has 0 aliphatic carbocycles. The third-order valence-corrected chi connectivity index (χ3v) is 2.85. The van der Waals surface area contributed by atoms with Gasteiger partial charge < -0.3 is 0 Å². The van der Waals surface area contributed by atoms with Crippen LogP contribution in [0.4, 0.5) is 0 Å². The van der Waals surface area contributed by atoms with Crippen molar-refractivity contribution in [3.05, 3.63) is 0 Å². The van der Waals surface area contributed by atoms with Crippen LogP contribution in [0.5, 0.6) is 0 Å². The monoisotopic (exact) mass is 198 g/mol. The summed E-state index contributed by atoms with van der Waals surface area (Å²) in [5, 5.41) is 0. The van der Waals surface area contributed by atoms with Crippen molar-refractivity contribution >= 4 is 27.9 Å². The Bertz CT molecular complexity index is 95.1. The van der Waals surface area contributed by atoms with Gasteiger partial charge in [-0.05, 0) is 0 Å². The fourth-order valence-corrected chi connectivity index (χ4v) is 3.77. The minimum atomic E-state index is -1.12. The van der Waals surface area contributed by atoms with Crippen molar-refractivity contribution in [2.45, 2.75) is 0 Å². The molecule has 0 radical (unpaired) electrons. The minimum absolute atomic E-state index is 0.150. The van der Waals surface area contributed by atoms with Crippen molar-refractivity contribution in [2.75, 3.05) is 26.2 Å². The van der Waals surface area contributed by atoms with Gasteiger partial charge in [0.15, 0.2) is 0 Å². The Morgan fingerprint density at radius 3 is 1.88 bits per heavy atom. The maximum absolute atomic E-state index is 10.4. The molecular weight excluding hydrogens is 187 g/mol. The maximum atomic E-state index is 10.4. The number of halogens is 1. The van der Waals surface area contributed by atoms with Crippen molar-refractivity contribution in [2.24, 2.45) is 0 Å². The van der Waals surface area contributed by atoms with Crippen LogP contribution in [0.25, 0.3) is 0 Å². The first kappa shape index (κ1) is 8.58. The molecule has 0 rings (SSSR count). The number of hydrogen-bond donors (Lipinski definition) is 0. The van der Waals surface area contributed by atoms with Gasteiger partial charge >= 0.3 is 58.8 Å². The molecule has 50 valence electrons. The van der Waals surface area contributed by atoms with Crippen LogP contribution >= 0.6 is 23.2 Å². The standard InChI is InChI=1S/C5H12BrOP/c1-8(2,3)4-5(6)7/h8H,4H2,1-3H3. The van der Waals surface area contributed by atoms with Crippen molar-refractivity contribution in [1.82, 2.24) is 0 Å². The molecule has 1 nitrogen and oxygen atoms in total. The molecule has 8 heavy (non-hydrogen) atoms. The summed E-state index contributed by atoms with van der Waals surface area (Å²) in [6.07, 6.45) is 0.743. The van der Waals surface area contributed by atoms with Crippen molar-refractivity contribution in [3.63, 3.8) is 0 Å². The Labute approximate surface area is 59.3 Å². The Morgan fingerprint density at radius 2 is 1.88 bits per heavy atom. The topological polar surface area (TPSA) is 17.1 Å². The first-order chi connectivity index (χ1) is 3.42. The van der Waals surface area contributed by atoms with Gasteiger partial charge in [-0.1, -0.05) is 0 Å². The predicted octanol–water partition coefficient (Wildman–Crippen LogP) is 1.55. The van der Waals surface area contributed by atoms with Gasteiger partial charge in [0.1, 0.15) is 0 Å². The number of carbonyl (C=O) groups is 1.